The van der Waals surface area contributed by atoms with Crippen molar-refractivity contribution in [3.63, 3.8) is 0 Å². The predicted molar refractivity (Wildman–Crippen MR) is 138 cm³/mol. The molecule has 0 bridgehead atoms. The molecule has 1 unspecified atom stereocenters. The number of aliphatic carboxylic acids is 1. The number of carbonyl (C=O) groups is 4. The third-order valence-electron chi connectivity index (χ3n) is 4.76. The first-order valence-electron chi connectivity index (χ1n) is 11.0. The monoisotopic (exact) mass is 504 g/mol. The van der Waals surface area contributed by atoms with Gasteiger partial charge in [-0.15, -0.1) is 11.8 Å². The molecular weight excluding hydrogens is 480 g/mol. The SMILES string of the molecule is CCOC(=O)c1ccc(NC(=O)C(Sc2ccc(NC(=O)/C=C/C(=O)O)cc2)c2ccccc2)cc1. The Balaban J connectivity index is 1.72. The van der Waals surface area contributed by atoms with E-state index in [1.165, 1.54) is 11.8 Å². The lowest BCUT2D eigenvalue weighted by molar-refractivity contribution is -0.131. The van der Waals surface area contributed by atoms with Gasteiger partial charge in [-0.25, -0.2) is 9.59 Å². The van der Waals surface area contributed by atoms with Crippen LogP contribution in [0.25, 0.3) is 0 Å². The number of thioether (sulfide) groups is 1. The lowest BCUT2D eigenvalue weighted by Crippen LogP contribution is -2.19. The average Bonchev–Trinajstić information content (AvgIpc) is 2.88. The Labute approximate surface area is 212 Å². The van der Waals surface area contributed by atoms with E-state index in [0.717, 1.165) is 22.6 Å². The molecule has 0 radical (unpaired) electrons. The summed E-state index contributed by atoms with van der Waals surface area (Å²) in [5.74, 6) is -2.44. The van der Waals surface area contributed by atoms with E-state index in [0.29, 0.717) is 16.9 Å². The normalized spacial score (nSPS) is 11.5. The van der Waals surface area contributed by atoms with Crippen molar-refractivity contribution in [1.29, 1.82) is 0 Å². The van der Waals surface area contributed by atoms with Crippen LogP contribution in [0.3, 0.4) is 0 Å². The summed E-state index contributed by atoms with van der Waals surface area (Å²) in [6.07, 6.45) is 1.69. The highest BCUT2D eigenvalue weighted by molar-refractivity contribution is 8.00. The van der Waals surface area contributed by atoms with Gasteiger partial charge in [-0.1, -0.05) is 30.3 Å². The zero-order chi connectivity index (χ0) is 25.9. The van der Waals surface area contributed by atoms with Crippen molar-refractivity contribution < 1.29 is 29.0 Å². The third-order valence-corrected chi connectivity index (χ3v) is 6.02. The van der Waals surface area contributed by atoms with E-state index in [1.807, 2.05) is 30.3 Å². The number of amides is 2. The van der Waals surface area contributed by atoms with Crippen molar-refractivity contribution in [2.75, 3.05) is 17.2 Å². The van der Waals surface area contributed by atoms with Gasteiger partial charge in [-0.05, 0) is 61.0 Å². The molecule has 0 saturated carbocycles. The number of carbonyl (C=O) groups excluding carboxylic acids is 3. The van der Waals surface area contributed by atoms with Crippen LogP contribution in [0.2, 0.25) is 0 Å². The summed E-state index contributed by atoms with van der Waals surface area (Å²) in [6.45, 7) is 2.01. The van der Waals surface area contributed by atoms with Crippen LogP contribution in [-0.2, 0) is 19.1 Å². The molecule has 0 aromatic heterocycles. The smallest absolute Gasteiger partial charge is 0.338 e. The molecule has 3 aromatic rings. The molecule has 36 heavy (non-hydrogen) atoms. The molecular formula is C27H24N2O6S. The first-order valence-corrected chi connectivity index (χ1v) is 11.9. The highest BCUT2D eigenvalue weighted by Gasteiger charge is 2.22. The van der Waals surface area contributed by atoms with Gasteiger partial charge in [0.2, 0.25) is 11.8 Å². The van der Waals surface area contributed by atoms with Gasteiger partial charge in [0.25, 0.3) is 0 Å². The molecule has 9 heteroatoms. The van der Waals surface area contributed by atoms with Gasteiger partial charge in [-0.3, -0.25) is 9.59 Å². The summed E-state index contributed by atoms with van der Waals surface area (Å²) in [4.78, 5) is 48.2. The maximum atomic E-state index is 13.2. The number of anilines is 2. The number of carboxylic acids is 1. The Hall–Kier alpha value is -4.37. The number of hydrogen-bond donors (Lipinski definition) is 3. The third kappa shape index (κ3) is 7.85. The number of benzene rings is 3. The maximum absolute atomic E-state index is 13.2. The molecule has 0 fully saturated rings. The number of esters is 1. The van der Waals surface area contributed by atoms with E-state index in [4.69, 9.17) is 9.84 Å². The quantitative estimate of drug-likeness (QED) is 0.204. The average molecular weight is 505 g/mol. The second kappa shape index (κ2) is 12.9. The number of ether oxygens (including phenoxy) is 1. The Morgan fingerprint density at radius 3 is 2.08 bits per heavy atom. The molecule has 3 rings (SSSR count). The molecule has 0 spiro atoms. The van der Waals surface area contributed by atoms with Crippen LogP contribution in [0.1, 0.15) is 28.1 Å². The van der Waals surface area contributed by atoms with Crippen LogP contribution in [0, 0.1) is 0 Å². The lowest BCUT2D eigenvalue weighted by atomic mass is 10.1. The maximum Gasteiger partial charge on any atom is 0.338 e. The molecule has 0 aliphatic heterocycles. The van der Waals surface area contributed by atoms with E-state index in [9.17, 15) is 19.2 Å². The summed E-state index contributed by atoms with van der Waals surface area (Å²) in [7, 11) is 0. The van der Waals surface area contributed by atoms with E-state index in [1.54, 1.807) is 55.5 Å². The van der Waals surface area contributed by atoms with Gasteiger partial charge < -0.3 is 20.5 Å². The molecule has 184 valence electrons. The molecule has 0 heterocycles. The predicted octanol–water partition coefficient (Wildman–Crippen LogP) is 4.91. The first-order chi connectivity index (χ1) is 17.4. The summed E-state index contributed by atoms with van der Waals surface area (Å²) in [5.41, 5.74) is 2.23. The summed E-state index contributed by atoms with van der Waals surface area (Å²) in [5, 5.41) is 13.5. The molecule has 3 N–H and O–H groups in total. The van der Waals surface area contributed by atoms with Crippen molar-refractivity contribution in [2.24, 2.45) is 0 Å². The van der Waals surface area contributed by atoms with Gasteiger partial charge in [-0.2, -0.15) is 0 Å². The minimum absolute atomic E-state index is 0.244. The molecule has 2 amide bonds. The molecule has 0 aliphatic rings. The van der Waals surface area contributed by atoms with Crippen molar-refractivity contribution in [1.82, 2.24) is 0 Å². The standard InChI is InChI=1S/C27H24N2O6S/c1-2-35-27(34)19-8-10-21(11-9-19)29-26(33)25(18-6-4-3-5-7-18)36-22-14-12-20(13-15-22)28-23(30)16-17-24(31)32/h3-17,25H,2H2,1H3,(H,28,30)(H,29,33)(H,31,32)/b17-16+. The fourth-order valence-corrected chi connectivity index (χ4v) is 4.12. The molecule has 0 aliphatic carbocycles. The van der Waals surface area contributed by atoms with E-state index in [2.05, 4.69) is 10.6 Å². The van der Waals surface area contributed by atoms with Crippen LogP contribution in [0.5, 0.6) is 0 Å². The minimum atomic E-state index is -1.21. The summed E-state index contributed by atoms with van der Waals surface area (Å²) in [6, 6.07) is 22.7. The zero-order valence-corrected chi connectivity index (χ0v) is 20.2. The van der Waals surface area contributed by atoms with Crippen LogP contribution in [0.15, 0.2) is 95.9 Å². The van der Waals surface area contributed by atoms with Gasteiger partial charge in [0.05, 0.1) is 12.2 Å². The van der Waals surface area contributed by atoms with Crippen LogP contribution in [0.4, 0.5) is 11.4 Å². The fourth-order valence-electron chi connectivity index (χ4n) is 3.10. The Morgan fingerprint density at radius 1 is 0.861 bits per heavy atom. The van der Waals surface area contributed by atoms with Gasteiger partial charge in [0.15, 0.2) is 0 Å². The molecule has 3 aromatic carbocycles. The van der Waals surface area contributed by atoms with Crippen molar-refractivity contribution in [2.45, 2.75) is 17.1 Å². The van der Waals surface area contributed by atoms with Crippen LogP contribution in [-0.4, -0.2) is 35.5 Å². The highest BCUT2D eigenvalue weighted by Crippen LogP contribution is 2.36. The summed E-state index contributed by atoms with van der Waals surface area (Å²) < 4.78 is 4.98. The molecule has 8 nitrogen and oxygen atoms in total. The summed E-state index contributed by atoms with van der Waals surface area (Å²) >= 11 is 1.34. The second-order valence-electron chi connectivity index (χ2n) is 7.38. The van der Waals surface area contributed by atoms with Crippen molar-refractivity contribution in [3.05, 3.63) is 102 Å². The number of rotatable bonds is 10. The van der Waals surface area contributed by atoms with Gasteiger partial charge in [0, 0.05) is 28.4 Å². The van der Waals surface area contributed by atoms with E-state index in [-0.39, 0.29) is 12.5 Å². The van der Waals surface area contributed by atoms with Crippen molar-refractivity contribution in [3.8, 4) is 0 Å². The van der Waals surface area contributed by atoms with Gasteiger partial charge >= 0.3 is 11.9 Å². The molecule has 0 saturated heterocycles. The Morgan fingerprint density at radius 2 is 1.47 bits per heavy atom. The van der Waals surface area contributed by atoms with Gasteiger partial charge in [0.1, 0.15) is 5.25 Å². The van der Waals surface area contributed by atoms with Crippen molar-refractivity contribution >= 4 is 46.9 Å². The fraction of sp³-hybridized carbons (Fsp3) is 0.111. The number of nitrogens with one attached hydrogen (secondary N) is 2. The number of carboxylic acid groups (broad SMARTS) is 1. The zero-order valence-electron chi connectivity index (χ0n) is 19.3. The lowest BCUT2D eigenvalue weighted by Gasteiger charge is -2.17. The molecule has 1 atom stereocenters. The Bertz CT molecular complexity index is 1240. The van der Waals surface area contributed by atoms with Crippen LogP contribution < -0.4 is 10.6 Å². The van der Waals surface area contributed by atoms with E-state index >= 15 is 0 Å². The number of hydrogen-bond acceptors (Lipinski definition) is 6. The Kier molecular flexibility index (Phi) is 9.41. The second-order valence-corrected chi connectivity index (χ2v) is 8.56. The van der Waals surface area contributed by atoms with E-state index < -0.39 is 23.1 Å². The minimum Gasteiger partial charge on any atom is -0.478 e. The highest BCUT2D eigenvalue weighted by atomic mass is 32.2. The first kappa shape index (κ1) is 26.2. The van der Waals surface area contributed by atoms with Crippen LogP contribution >= 0.6 is 11.8 Å². The topological polar surface area (TPSA) is 122 Å². The largest absolute Gasteiger partial charge is 0.478 e.